The van der Waals surface area contributed by atoms with E-state index in [9.17, 15) is 14.0 Å². The Kier molecular flexibility index (Phi) is 5.14. The van der Waals surface area contributed by atoms with Gasteiger partial charge in [0.05, 0.1) is 16.3 Å². The minimum Gasteiger partial charge on any atom is -0.350 e. The molecule has 6 heteroatoms. The van der Waals surface area contributed by atoms with Crippen LogP contribution >= 0.6 is 11.6 Å². The lowest BCUT2D eigenvalue weighted by Gasteiger charge is -2.16. The van der Waals surface area contributed by atoms with Gasteiger partial charge < -0.3 is 5.32 Å². The maximum absolute atomic E-state index is 13.6. The zero-order valence-electron chi connectivity index (χ0n) is 16.4. The molecule has 1 heterocycles. The number of amides is 2. The van der Waals surface area contributed by atoms with Crippen LogP contribution in [-0.2, 0) is 9.59 Å². The number of carbonyl (C=O) groups excluding carboxylic acids is 2. The first kappa shape index (κ1) is 19.9. The molecule has 2 amide bonds. The van der Waals surface area contributed by atoms with Crippen LogP contribution in [0.1, 0.15) is 16.7 Å². The predicted octanol–water partition coefficient (Wildman–Crippen LogP) is 5.49. The van der Waals surface area contributed by atoms with Crippen molar-refractivity contribution in [2.24, 2.45) is 0 Å². The third-order valence-corrected chi connectivity index (χ3v) is 5.16. The zero-order valence-corrected chi connectivity index (χ0v) is 17.1. The van der Waals surface area contributed by atoms with Gasteiger partial charge in [0.15, 0.2) is 0 Å². The van der Waals surface area contributed by atoms with Crippen molar-refractivity contribution in [1.82, 2.24) is 0 Å². The van der Waals surface area contributed by atoms with Gasteiger partial charge in [-0.25, -0.2) is 9.29 Å². The van der Waals surface area contributed by atoms with Gasteiger partial charge in [0.2, 0.25) is 0 Å². The third-order valence-electron chi connectivity index (χ3n) is 4.87. The topological polar surface area (TPSA) is 49.4 Å². The Labute approximate surface area is 178 Å². The summed E-state index contributed by atoms with van der Waals surface area (Å²) in [6, 6.07) is 18.6. The van der Waals surface area contributed by atoms with Crippen molar-refractivity contribution in [3.63, 3.8) is 0 Å². The van der Waals surface area contributed by atoms with Crippen molar-refractivity contribution >= 4 is 40.4 Å². The summed E-state index contributed by atoms with van der Waals surface area (Å²) in [5.74, 6) is -1.65. The van der Waals surface area contributed by atoms with E-state index in [1.165, 1.54) is 12.1 Å². The molecule has 3 aromatic carbocycles. The Balaban J connectivity index is 1.83. The molecule has 4 nitrogen and oxygen atoms in total. The second kappa shape index (κ2) is 7.76. The average Bonchev–Trinajstić information content (AvgIpc) is 2.95. The van der Waals surface area contributed by atoms with Crippen LogP contribution in [0.5, 0.6) is 0 Å². The van der Waals surface area contributed by atoms with Crippen molar-refractivity contribution in [2.45, 2.75) is 13.8 Å². The van der Waals surface area contributed by atoms with E-state index in [0.717, 1.165) is 22.1 Å². The summed E-state index contributed by atoms with van der Waals surface area (Å²) < 4.78 is 13.6. The summed E-state index contributed by atoms with van der Waals surface area (Å²) in [5, 5.41) is 2.95. The predicted molar refractivity (Wildman–Crippen MR) is 117 cm³/mol. The van der Waals surface area contributed by atoms with Crippen molar-refractivity contribution in [3.8, 4) is 0 Å². The molecule has 0 aromatic heterocycles. The Morgan fingerprint density at radius 3 is 2.27 bits per heavy atom. The largest absolute Gasteiger partial charge is 0.350 e. The van der Waals surface area contributed by atoms with Gasteiger partial charge in [-0.3, -0.25) is 9.59 Å². The van der Waals surface area contributed by atoms with Crippen molar-refractivity contribution in [1.29, 1.82) is 0 Å². The molecule has 0 radical (unpaired) electrons. The summed E-state index contributed by atoms with van der Waals surface area (Å²) in [6.07, 6.45) is 0. The van der Waals surface area contributed by atoms with Crippen LogP contribution < -0.4 is 10.2 Å². The Hall–Kier alpha value is -3.44. The highest BCUT2D eigenvalue weighted by Crippen LogP contribution is 2.35. The monoisotopic (exact) mass is 420 g/mol. The number of benzene rings is 3. The minimum atomic E-state index is -0.621. The molecule has 1 aliphatic rings. The summed E-state index contributed by atoms with van der Waals surface area (Å²) in [7, 11) is 0. The van der Waals surface area contributed by atoms with Gasteiger partial charge in [-0.2, -0.15) is 0 Å². The highest BCUT2D eigenvalue weighted by atomic mass is 35.5. The van der Waals surface area contributed by atoms with Gasteiger partial charge in [0, 0.05) is 5.69 Å². The third kappa shape index (κ3) is 3.60. The van der Waals surface area contributed by atoms with Crippen molar-refractivity contribution in [2.75, 3.05) is 10.2 Å². The summed E-state index contributed by atoms with van der Waals surface area (Å²) in [5.41, 5.74) is 3.97. The number of rotatable bonds is 4. The Morgan fingerprint density at radius 1 is 0.867 bits per heavy atom. The molecule has 1 aliphatic heterocycles. The highest BCUT2D eigenvalue weighted by molar-refractivity contribution is 6.46. The zero-order chi connectivity index (χ0) is 21.4. The first-order chi connectivity index (χ1) is 14.3. The molecule has 3 aromatic rings. The van der Waals surface area contributed by atoms with E-state index in [2.05, 4.69) is 5.32 Å². The average molecular weight is 421 g/mol. The van der Waals surface area contributed by atoms with Crippen LogP contribution in [-0.4, -0.2) is 11.8 Å². The molecule has 0 spiro atoms. The molecule has 150 valence electrons. The molecule has 0 bridgehead atoms. The normalized spacial score (nSPS) is 13.9. The number of carbonyl (C=O) groups is 2. The fourth-order valence-electron chi connectivity index (χ4n) is 3.36. The van der Waals surface area contributed by atoms with E-state index in [1.807, 2.05) is 50.2 Å². The lowest BCUT2D eigenvalue weighted by Crippen LogP contribution is -2.32. The molecule has 4 rings (SSSR count). The molecule has 0 aliphatic carbocycles. The lowest BCUT2D eigenvalue weighted by atomic mass is 10.0. The number of imide groups is 1. The van der Waals surface area contributed by atoms with E-state index in [4.69, 9.17) is 11.6 Å². The number of halogens is 2. The maximum atomic E-state index is 13.6. The van der Waals surface area contributed by atoms with E-state index < -0.39 is 17.6 Å². The molecule has 0 unspecified atom stereocenters. The molecule has 0 saturated heterocycles. The van der Waals surface area contributed by atoms with Crippen LogP contribution in [0.15, 0.2) is 72.4 Å². The van der Waals surface area contributed by atoms with E-state index in [-0.39, 0.29) is 22.0 Å². The minimum absolute atomic E-state index is 0.162. The summed E-state index contributed by atoms with van der Waals surface area (Å²) in [4.78, 5) is 27.6. The second-order valence-corrected chi connectivity index (χ2v) is 7.56. The summed E-state index contributed by atoms with van der Waals surface area (Å²) >= 11 is 5.89. The number of nitrogens with one attached hydrogen (secondary N) is 1. The molecule has 0 atom stereocenters. The fraction of sp³-hybridized carbons (Fsp3) is 0.0833. The van der Waals surface area contributed by atoms with Gasteiger partial charge in [-0.05, 0) is 55.3 Å². The van der Waals surface area contributed by atoms with E-state index in [1.54, 1.807) is 12.1 Å². The molecule has 1 N–H and O–H groups in total. The molecule has 0 fully saturated rings. The lowest BCUT2D eigenvalue weighted by molar-refractivity contribution is -0.120. The molecule has 0 saturated carbocycles. The number of hydrogen-bond acceptors (Lipinski definition) is 3. The van der Waals surface area contributed by atoms with Crippen LogP contribution in [0.4, 0.5) is 15.8 Å². The van der Waals surface area contributed by atoms with Crippen LogP contribution in [0.25, 0.3) is 5.57 Å². The van der Waals surface area contributed by atoms with Gasteiger partial charge in [-0.1, -0.05) is 53.6 Å². The standard InChI is InChI=1S/C24H18ClFN2O2/c1-14-6-8-16(9-7-14)21-22(27-17-5-3-4-15(2)12-17)24(30)28(23(21)29)18-10-11-20(26)19(25)13-18/h3-13,27H,1-2H3. The first-order valence-corrected chi connectivity index (χ1v) is 9.72. The first-order valence-electron chi connectivity index (χ1n) is 9.34. The van der Waals surface area contributed by atoms with Gasteiger partial charge in [0.25, 0.3) is 11.8 Å². The van der Waals surface area contributed by atoms with E-state index >= 15 is 0 Å². The fourth-order valence-corrected chi connectivity index (χ4v) is 3.53. The molecular weight excluding hydrogens is 403 g/mol. The van der Waals surface area contributed by atoms with Crippen molar-refractivity contribution < 1.29 is 14.0 Å². The van der Waals surface area contributed by atoms with Crippen LogP contribution in [0.3, 0.4) is 0 Å². The summed E-state index contributed by atoms with van der Waals surface area (Å²) in [6.45, 7) is 3.88. The Morgan fingerprint density at radius 2 is 1.60 bits per heavy atom. The SMILES string of the molecule is Cc1ccc(C2=C(Nc3cccc(C)c3)C(=O)N(c3ccc(F)c(Cl)c3)C2=O)cc1. The highest BCUT2D eigenvalue weighted by Gasteiger charge is 2.40. The van der Waals surface area contributed by atoms with Gasteiger partial charge in [0.1, 0.15) is 11.5 Å². The number of anilines is 2. The number of hydrogen-bond donors (Lipinski definition) is 1. The van der Waals surface area contributed by atoms with Gasteiger partial charge >= 0.3 is 0 Å². The molecule has 30 heavy (non-hydrogen) atoms. The van der Waals surface area contributed by atoms with E-state index in [0.29, 0.717) is 11.3 Å². The quantitative estimate of drug-likeness (QED) is 0.567. The number of aryl methyl sites for hydroxylation is 2. The Bertz CT molecular complexity index is 1200. The smallest absolute Gasteiger partial charge is 0.282 e. The van der Waals surface area contributed by atoms with Gasteiger partial charge in [-0.15, -0.1) is 0 Å². The maximum Gasteiger partial charge on any atom is 0.282 e. The van der Waals surface area contributed by atoms with Crippen LogP contribution in [0.2, 0.25) is 5.02 Å². The molecular formula is C24H18ClFN2O2. The second-order valence-electron chi connectivity index (χ2n) is 7.15. The van der Waals surface area contributed by atoms with Crippen molar-refractivity contribution in [3.05, 3.63) is 100.0 Å². The van der Waals surface area contributed by atoms with Crippen LogP contribution in [0, 0.1) is 19.7 Å². The number of nitrogens with zero attached hydrogens (tertiary/aromatic N) is 1.